The molecule has 1 aliphatic heterocycles. The van der Waals surface area contributed by atoms with Crippen molar-refractivity contribution in [2.75, 3.05) is 19.0 Å². The van der Waals surface area contributed by atoms with Gasteiger partial charge in [0.25, 0.3) is 0 Å². The second-order valence-corrected chi connectivity index (χ2v) is 2.93. The monoisotopic (exact) mass is 201 g/mol. The van der Waals surface area contributed by atoms with Gasteiger partial charge in [0.15, 0.2) is 5.75 Å². The highest BCUT2D eigenvalue weighted by molar-refractivity contribution is 5.67. The van der Waals surface area contributed by atoms with Gasteiger partial charge in [-0.1, -0.05) is 6.07 Å². The molecule has 0 radical (unpaired) electrons. The van der Waals surface area contributed by atoms with Crippen molar-refractivity contribution in [1.82, 2.24) is 0 Å². The van der Waals surface area contributed by atoms with E-state index in [-0.39, 0.29) is 5.75 Å². The van der Waals surface area contributed by atoms with Crippen molar-refractivity contribution in [2.45, 2.75) is 6.11 Å². The van der Waals surface area contributed by atoms with Crippen molar-refractivity contribution in [3.05, 3.63) is 18.2 Å². The Morgan fingerprint density at radius 2 is 2.29 bits per heavy atom. The molecule has 1 aliphatic rings. The Bertz CT molecular complexity index is 355. The van der Waals surface area contributed by atoms with Crippen LogP contribution in [0.25, 0.3) is 0 Å². The highest BCUT2D eigenvalue weighted by Crippen LogP contribution is 2.40. The lowest BCUT2D eigenvalue weighted by atomic mass is 10.2. The van der Waals surface area contributed by atoms with Gasteiger partial charge in [-0.3, -0.25) is 0 Å². The summed E-state index contributed by atoms with van der Waals surface area (Å²) in [5.41, 5.74) is 0.473. The van der Waals surface area contributed by atoms with Crippen LogP contribution in [0.4, 0.5) is 14.5 Å². The first kappa shape index (κ1) is 9.05. The van der Waals surface area contributed by atoms with Gasteiger partial charge in [-0.2, -0.15) is 8.78 Å². The number of hydrogen-bond acceptors (Lipinski definition) is 3. The van der Waals surface area contributed by atoms with Crippen molar-refractivity contribution in [2.24, 2.45) is 0 Å². The van der Waals surface area contributed by atoms with E-state index in [0.717, 1.165) is 0 Å². The quantitative estimate of drug-likeness (QED) is 0.754. The topological polar surface area (TPSA) is 30.5 Å². The third-order valence-electron chi connectivity index (χ3n) is 1.94. The lowest BCUT2D eigenvalue weighted by molar-refractivity contribution is -0.166. The number of benzene rings is 1. The van der Waals surface area contributed by atoms with E-state index < -0.39 is 12.7 Å². The first-order chi connectivity index (χ1) is 6.62. The Labute approximate surface area is 79.6 Å². The van der Waals surface area contributed by atoms with E-state index in [2.05, 4.69) is 10.1 Å². The van der Waals surface area contributed by atoms with Crippen molar-refractivity contribution < 1.29 is 18.3 Å². The van der Waals surface area contributed by atoms with Gasteiger partial charge in [0.2, 0.25) is 0 Å². The number of hydrogen-bond donors (Lipinski definition) is 1. The lowest BCUT2D eigenvalue weighted by Crippen LogP contribution is -2.37. The van der Waals surface area contributed by atoms with Crippen LogP contribution in [0.5, 0.6) is 11.5 Å². The molecule has 3 nitrogen and oxygen atoms in total. The van der Waals surface area contributed by atoms with Crippen LogP contribution < -0.4 is 14.8 Å². The summed E-state index contributed by atoms with van der Waals surface area (Å²) in [7, 11) is 1.48. The third-order valence-corrected chi connectivity index (χ3v) is 1.94. The first-order valence-corrected chi connectivity index (χ1v) is 4.10. The van der Waals surface area contributed by atoms with Gasteiger partial charge in [-0.05, 0) is 12.1 Å². The van der Waals surface area contributed by atoms with E-state index in [4.69, 9.17) is 4.74 Å². The molecule has 0 saturated carbocycles. The lowest BCUT2D eigenvalue weighted by Gasteiger charge is -2.27. The van der Waals surface area contributed by atoms with Gasteiger partial charge in [0.05, 0.1) is 7.11 Å². The van der Waals surface area contributed by atoms with Crippen molar-refractivity contribution >= 4 is 5.69 Å². The Balaban J connectivity index is 2.40. The van der Waals surface area contributed by atoms with E-state index in [0.29, 0.717) is 11.4 Å². The normalized spacial score (nSPS) is 17.6. The molecule has 0 spiro atoms. The molecule has 0 aromatic heterocycles. The zero-order valence-electron chi connectivity index (χ0n) is 7.51. The summed E-state index contributed by atoms with van der Waals surface area (Å²) in [6.45, 7) is -0.541. The average molecular weight is 201 g/mol. The van der Waals surface area contributed by atoms with Gasteiger partial charge in [0.1, 0.15) is 18.0 Å². The fourth-order valence-electron chi connectivity index (χ4n) is 1.33. The molecular formula is C9H9F2NO2. The minimum atomic E-state index is -3.15. The van der Waals surface area contributed by atoms with E-state index in [9.17, 15) is 8.78 Å². The van der Waals surface area contributed by atoms with E-state index >= 15 is 0 Å². The van der Waals surface area contributed by atoms with Crippen molar-refractivity contribution in [3.8, 4) is 11.5 Å². The minimum Gasteiger partial charge on any atom is -0.494 e. The van der Waals surface area contributed by atoms with Crippen molar-refractivity contribution in [3.63, 3.8) is 0 Å². The molecule has 0 bridgehead atoms. The van der Waals surface area contributed by atoms with Crippen LogP contribution in [-0.2, 0) is 0 Å². The number of para-hydroxylation sites is 1. The molecule has 1 aromatic rings. The maximum Gasteiger partial charge on any atom is 0.415 e. The standard InChI is InChI=1S/C9H9F2NO2/c1-13-6-3-2-4-7-8(6)12-5-9(10,11)14-7/h2-4,12H,5H2,1H3. The molecule has 1 heterocycles. The van der Waals surface area contributed by atoms with Gasteiger partial charge in [-0.25, -0.2) is 0 Å². The molecule has 0 saturated heterocycles. The Kier molecular flexibility index (Phi) is 1.94. The van der Waals surface area contributed by atoms with Gasteiger partial charge in [0, 0.05) is 0 Å². The highest BCUT2D eigenvalue weighted by atomic mass is 19.3. The summed E-state index contributed by atoms with van der Waals surface area (Å²) in [6, 6.07) is 4.75. The zero-order chi connectivity index (χ0) is 10.2. The van der Waals surface area contributed by atoms with E-state index in [1.54, 1.807) is 12.1 Å². The van der Waals surface area contributed by atoms with Crippen LogP contribution in [0, 0.1) is 0 Å². The molecular weight excluding hydrogens is 192 g/mol. The molecule has 2 rings (SSSR count). The van der Waals surface area contributed by atoms with Gasteiger partial charge in [-0.15, -0.1) is 0 Å². The molecule has 1 aromatic carbocycles. The van der Waals surface area contributed by atoms with Gasteiger partial charge < -0.3 is 14.8 Å². The number of nitrogens with one attached hydrogen (secondary N) is 1. The molecule has 1 N–H and O–H groups in total. The van der Waals surface area contributed by atoms with Crippen LogP contribution >= 0.6 is 0 Å². The summed E-state index contributed by atoms with van der Waals surface area (Å²) < 4.78 is 35.1. The number of ether oxygens (including phenoxy) is 2. The highest BCUT2D eigenvalue weighted by Gasteiger charge is 2.37. The molecule has 14 heavy (non-hydrogen) atoms. The Morgan fingerprint density at radius 1 is 1.50 bits per heavy atom. The fourth-order valence-corrected chi connectivity index (χ4v) is 1.33. The Morgan fingerprint density at radius 3 is 3.00 bits per heavy atom. The summed E-state index contributed by atoms with van der Waals surface area (Å²) in [6.07, 6.45) is -3.15. The molecule has 0 fully saturated rings. The molecule has 5 heteroatoms. The molecule has 0 aliphatic carbocycles. The molecule has 0 atom stereocenters. The van der Waals surface area contributed by atoms with Gasteiger partial charge >= 0.3 is 6.11 Å². The number of fused-ring (bicyclic) bond motifs is 1. The molecule has 76 valence electrons. The van der Waals surface area contributed by atoms with Crippen LogP contribution in [0.1, 0.15) is 0 Å². The number of rotatable bonds is 1. The number of anilines is 1. The number of methoxy groups -OCH3 is 1. The van der Waals surface area contributed by atoms with E-state index in [1.807, 2.05) is 0 Å². The largest absolute Gasteiger partial charge is 0.494 e. The summed E-state index contributed by atoms with van der Waals surface area (Å²) in [4.78, 5) is 0. The van der Waals surface area contributed by atoms with Crippen LogP contribution in [0.3, 0.4) is 0 Å². The zero-order valence-corrected chi connectivity index (χ0v) is 7.51. The summed E-state index contributed by atoms with van der Waals surface area (Å²) in [5, 5.41) is 2.57. The average Bonchev–Trinajstić information content (AvgIpc) is 2.15. The Hall–Kier alpha value is -1.52. The number of halogens is 2. The predicted octanol–water partition coefficient (Wildman–Crippen LogP) is 2.09. The van der Waals surface area contributed by atoms with Crippen LogP contribution in [0.2, 0.25) is 0 Å². The number of alkyl halides is 2. The molecule has 0 unspecified atom stereocenters. The first-order valence-electron chi connectivity index (χ1n) is 4.10. The smallest absolute Gasteiger partial charge is 0.415 e. The van der Waals surface area contributed by atoms with Crippen molar-refractivity contribution in [1.29, 1.82) is 0 Å². The summed E-state index contributed by atoms with van der Waals surface area (Å²) in [5.74, 6) is 0.610. The fraction of sp³-hybridized carbons (Fsp3) is 0.333. The van der Waals surface area contributed by atoms with Crippen LogP contribution in [-0.4, -0.2) is 19.8 Å². The SMILES string of the molecule is COc1cccc2c1NCC(F)(F)O2. The maximum atomic E-state index is 12.8. The second kappa shape index (κ2) is 3.01. The minimum absolute atomic E-state index is 0.112. The van der Waals surface area contributed by atoms with E-state index in [1.165, 1.54) is 13.2 Å². The molecule has 0 amide bonds. The predicted molar refractivity (Wildman–Crippen MR) is 47.1 cm³/mol. The maximum absolute atomic E-state index is 12.8. The third kappa shape index (κ3) is 1.45. The second-order valence-electron chi connectivity index (χ2n) is 2.93. The van der Waals surface area contributed by atoms with Crippen LogP contribution in [0.15, 0.2) is 18.2 Å². The summed E-state index contributed by atoms with van der Waals surface area (Å²) >= 11 is 0.